The van der Waals surface area contributed by atoms with Gasteiger partial charge in [0.2, 0.25) is 5.91 Å². The molecule has 5 atom stereocenters. The molecule has 0 aromatic carbocycles. The van der Waals surface area contributed by atoms with Gasteiger partial charge in [0.15, 0.2) is 6.10 Å². The summed E-state index contributed by atoms with van der Waals surface area (Å²) in [5, 5.41) is 27.2. The largest absolute Gasteiger partial charge is 0.455 e. The lowest BCUT2D eigenvalue weighted by molar-refractivity contribution is -0.164. The van der Waals surface area contributed by atoms with Crippen LogP contribution in [-0.2, 0) is 23.9 Å². The van der Waals surface area contributed by atoms with Crippen LogP contribution in [0.2, 0.25) is 0 Å². The molecule has 9 heteroatoms. The smallest absolute Gasteiger partial charge is 0.306 e. The van der Waals surface area contributed by atoms with Crippen LogP contribution in [0.4, 0.5) is 0 Å². The molecule has 0 unspecified atom stereocenters. The maximum Gasteiger partial charge on any atom is 0.306 e. The maximum atomic E-state index is 12.9. The normalized spacial score (nSPS) is 18.7. The zero-order valence-electron chi connectivity index (χ0n) is 26.8. The van der Waals surface area contributed by atoms with E-state index in [1.54, 1.807) is 12.2 Å². The minimum absolute atomic E-state index is 0.117. The molecule has 4 N–H and O–H groups in total. The van der Waals surface area contributed by atoms with E-state index >= 15 is 0 Å². The highest BCUT2D eigenvalue weighted by molar-refractivity contribution is 5.89. The van der Waals surface area contributed by atoms with Crippen LogP contribution >= 0.6 is 0 Å². The van der Waals surface area contributed by atoms with E-state index in [1.165, 1.54) is 71.3 Å². The lowest BCUT2D eigenvalue weighted by Crippen LogP contribution is -2.55. The number of allylic oxidation sites excluding steroid dienone is 1. The fourth-order valence-electron chi connectivity index (χ4n) is 5.16. The van der Waals surface area contributed by atoms with Crippen LogP contribution in [0.25, 0.3) is 0 Å². The van der Waals surface area contributed by atoms with Gasteiger partial charge in [-0.25, -0.2) is 0 Å². The second kappa shape index (κ2) is 23.5. The van der Waals surface area contributed by atoms with Crippen molar-refractivity contribution in [1.82, 2.24) is 10.6 Å². The summed E-state index contributed by atoms with van der Waals surface area (Å²) < 4.78 is 10.8. The Kier molecular flexibility index (Phi) is 21.3. The number of methoxy groups -OCH3 is 1. The lowest BCUT2D eigenvalue weighted by Gasteiger charge is -2.30. The third-order valence-electron chi connectivity index (χ3n) is 7.80. The molecule has 1 fully saturated rings. The van der Waals surface area contributed by atoms with Crippen molar-refractivity contribution in [3.63, 3.8) is 0 Å². The summed E-state index contributed by atoms with van der Waals surface area (Å²) >= 11 is 0. The van der Waals surface area contributed by atoms with Gasteiger partial charge in [0.25, 0.3) is 5.91 Å². The average Bonchev–Trinajstić information content (AvgIpc) is 3.16. The number of carbonyl (C=O) groups is 3. The highest BCUT2D eigenvalue weighted by Gasteiger charge is 2.38. The summed E-state index contributed by atoms with van der Waals surface area (Å²) in [5.41, 5.74) is 0. The molecule has 0 spiro atoms. The lowest BCUT2D eigenvalue weighted by atomic mass is 10.00. The van der Waals surface area contributed by atoms with Crippen molar-refractivity contribution in [1.29, 1.82) is 0 Å². The molecule has 42 heavy (non-hydrogen) atoms. The molecule has 244 valence electrons. The summed E-state index contributed by atoms with van der Waals surface area (Å²) in [6, 6.07) is -0.739. The van der Waals surface area contributed by atoms with Crippen molar-refractivity contribution >= 4 is 17.8 Å². The van der Waals surface area contributed by atoms with Gasteiger partial charge in [0.05, 0.1) is 0 Å². The number of rotatable bonds is 23. The van der Waals surface area contributed by atoms with Gasteiger partial charge in [-0.15, -0.1) is 0 Å². The molecule has 0 aromatic heterocycles. The number of hydrogen-bond acceptors (Lipinski definition) is 7. The topological polar surface area (TPSA) is 134 Å². The van der Waals surface area contributed by atoms with Crippen molar-refractivity contribution < 1.29 is 34.1 Å². The molecule has 1 aliphatic heterocycles. The molecule has 0 radical (unpaired) electrons. The Morgan fingerprint density at radius 1 is 0.905 bits per heavy atom. The number of hydrogen-bond donors (Lipinski definition) is 4. The van der Waals surface area contributed by atoms with Crippen LogP contribution in [-0.4, -0.2) is 72.1 Å². The van der Waals surface area contributed by atoms with Crippen LogP contribution in [0.3, 0.4) is 0 Å². The maximum absolute atomic E-state index is 12.9. The van der Waals surface area contributed by atoms with Crippen LogP contribution in [0.15, 0.2) is 12.2 Å². The Balaban J connectivity index is 2.49. The zero-order chi connectivity index (χ0) is 31.2. The first kappa shape index (κ1) is 38.1. The van der Waals surface area contributed by atoms with E-state index in [4.69, 9.17) is 9.47 Å². The van der Waals surface area contributed by atoms with E-state index in [9.17, 15) is 24.6 Å². The van der Waals surface area contributed by atoms with Gasteiger partial charge >= 0.3 is 5.97 Å². The number of esters is 1. The van der Waals surface area contributed by atoms with Crippen molar-refractivity contribution in [2.45, 2.75) is 160 Å². The summed E-state index contributed by atoms with van der Waals surface area (Å²) in [6.45, 7) is 6.67. The monoisotopic (exact) mass is 596 g/mol. The van der Waals surface area contributed by atoms with E-state index in [1.807, 2.05) is 13.8 Å². The Morgan fingerprint density at radius 3 is 2.02 bits per heavy atom. The number of carbonyl (C=O) groups excluding carboxylic acids is 3. The van der Waals surface area contributed by atoms with Crippen molar-refractivity contribution in [3.05, 3.63) is 12.2 Å². The number of aliphatic hydroxyl groups is 2. The van der Waals surface area contributed by atoms with Crippen LogP contribution in [0.1, 0.15) is 130 Å². The highest BCUT2D eigenvalue weighted by atomic mass is 16.6. The molecule has 0 saturated carbocycles. The number of ether oxygens (including phenoxy) is 2. The minimum Gasteiger partial charge on any atom is -0.455 e. The molecular formula is C33H60N2O7. The van der Waals surface area contributed by atoms with E-state index in [-0.39, 0.29) is 18.2 Å². The van der Waals surface area contributed by atoms with Gasteiger partial charge in [-0.05, 0) is 37.7 Å². The first-order chi connectivity index (χ1) is 20.2. The average molecular weight is 597 g/mol. The van der Waals surface area contributed by atoms with E-state index < -0.39 is 42.3 Å². The van der Waals surface area contributed by atoms with Crippen LogP contribution in [0, 0.1) is 5.92 Å². The third kappa shape index (κ3) is 16.6. The fourth-order valence-corrected chi connectivity index (χ4v) is 5.16. The highest BCUT2D eigenvalue weighted by Crippen LogP contribution is 2.17. The molecule has 9 nitrogen and oxygen atoms in total. The van der Waals surface area contributed by atoms with Crippen LogP contribution < -0.4 is 10.6 Å². The second-order valence-corrected chi connectivity index (χ2v) is 12.1. The number of unbranched alkanes of at least 4 members (excludes halogenated alkanes) is 12. The Bertz CT molecular complexity index is 773. The van der Waals surface area contributed by atoms with Crippen molar-refractivity contribution in [2.75, 3.05) is 13.7 Å². The van der Waals surface area contributed by atoms with Gasteiger partial charge < -0.3 is 30.3 Å². The molecule has 0 aromatic rings. The quantitative estimate of drug-likeness (QED) is 0.0731. The van der Waals surface area contributed by atoms with Crippen LogP contribution in [0.5, 0.6) is 0 Å². The predicted molar refractivity (Wildman–Crippen MR) is 166 cm³/mol. The molecule has 0 bridgehead atoms. The predicted octanol–water partition coefficient (Wildman–Crippen LogP) is 5.11. The summed E-state index contributed by atoms with van der Waals surface area (Å²) in [7, 11) is 1.24. The summed E-state index contributed by atoms with van der Waals surface area (Å²) in [4.78, 5) is 37.8. The number of nitrogens with one attached hydrogen (secondary N) is 2. The molecular weight excluding hydrogens is 536 g/mol. The van der Waals surface area contributed by atoms with Gasteiger partial charge in [0, 0.05) is 20.1 Å². The third-order valence-corrected chi connectivity index (χ3v) is 7.80. The van der Waals surface area contributed by atoms with Gasteiger partial charge in [0.1, 0.15) is 24.4 Å². The number of amides is 2. The number of aliphatic hydroxyl groups excluding tert-OH is 2. The first-order valence-electron chi connectivity index (χ1n) is 16.6. The van der Waals surface area contributed by atoms with Crippen molar-refractivity contribution in [2.24, 2.45) is 5.92 Å². The molecule has 1 aliphatic rings. The molecule has 1 saturated heterocycles. The standard InChI is InChI=1S/C33H60N2O7/c1-5-6-7-8-9-10-11-12-13-14-15-16-17-21-28(36)42-27(23-22-25(2)3)29(37)30(38)31(41-4)33(40)35-26-20-18-19-24-34-32(26)39/h22-23,25-27,29-31,37-38H,5-21,24H2,1-4H3,(H,34,39)(H,35,40)/b23-22+/t26-,27+,29-,30+,31+/m0/s1. The summed E-state index contributed by atoms with van der Waals surface area (Å²) in [5.74, 6) is -1.34. The minimum atomic E-state index is -1.69. The van der Waals surface area contributed by atoms with E-state index in [2.05, 4.69) is 17.6 Å². The first-order valence-corrected chi connectivity index (χ1v) is 16.6. The second-order valence-electron chi connectivity index (χ2n) is 12.1. The Hall–Kier alpha value is -1.97. The fraction of sp³-hybridized carbons (Fsp3) is 0.848. The molecule has 0 aliphatic carbocycles. The Labute approximate surface area is 254 Å². The molecule has 2 amide bonds. The summed E-state index contributed by atoms with van der Waals surface area (Å²) in [6.07, 6.45) is 15.4. The van der Waals surface area contributed by atoms with Gasteiger partial charge in [-0.3, -0.25) is 14.4 Å². The van der Waals surface area contributed by atoms with Gasteiger partial charge in [-0.1, -0.05) is 104 Å². The van der Waals surface area contributed by atoms with Crippen molar-refractivity contribution in [3.8, 4) is 0 Å². The zero-order valence-corrected chi connectivity index (χ0v) is 26.8. The van der Waals surface area contributed by atoms with E-state index in [0.717, 1.165) is 25.7 Å². The molecule has 1 rings (SSSR count). The SMILES string of the molecule is CCCCCCCCCCCCCCCC(=O)O[C@H](/C=C/C(C)C)[C@H](O)[C@@H](O)[C@@H](OC)C(=O)N[C@H]1CCCCNC1=O. The molecule has 1 heterocycles. The van der Waals surface area contributed by atoms with E-state index in [0.29, 0.717) is 19.4 Å². The Morgan fingerprint density at radius 2 is 1.48 bits per heavy atom. The van der Waals surface area contributed by atoms with Gasteiger partial charge in [-0.2, -0.15) is 0 Å².